The predicted molar refractivity (Wildman–Crippen MR) is 363 cm³/mol. The van der Waals surface area contributed by atoms with Crippen LogP contribution in [0.3, 0.4) is 0 Å². The number of carbonyl (C=O) groups excluding carboxylic acids is 2. The van der Waals surface area contributed by atoms with Gasteiger partial charge in [0.2, 0.25) is 0 Å². The number of rotatable bonds is 60. The maximum atomic E-state index is 12.9. The maximum Gasteiger partial charge on any atom is 0.361 e. The molecule has 0 aliphatic carbocycles. The summed E-state index contributed by atoms with van der Waals surface area (Å²) < 4.78 is 22.9. The molecular weight excluding hydrogens is 1050 g/mol. The number of hydrogen-bond acceptors (Lipinski definition) is 7. The molecule has 0 aromatic rings. The van der Waals surface area contributed by atoms with Gasteiger partial charge in [-0.1, -0.05) is 268 Å². The minimum Gasteiger partial charge on any atom is -0.477 e. The van der Waals surface area contributed by atoms with E-state index in [0.717, 1.165) is 135 Å². The quantitative estimate of drug-likeness (QED) is 0.0211. The van der Waals surface area contributed by atoms with Crippen LogP contribution in [0.25, 0.3) is 0 Å². The SMILES string of the molecule is CC/C=C\C/C=C\C/C=C\C/C=C\C/C=C\C/C=C\C/C=C\C/C=C\C/C=C\CCCCCCCC(=O)OC(COC(=O)CCCCCCCCCCCCCCCC/C=C\C/C=C\C/C=C\C/C=C\CC)COC(OCC[N+](C)(C)C)C(=O)O. The smallest absolute Gasteiger partial charge is 0.361 e. The van der Waals surface area contributed by atoms with Crippen molar-refractivity contribution in [3.63, 3.8) is 0 Å². The first-order valence-corrected chi connectivity index (χ1v) is 33.6. The van der Waals surface area contributed by atoms with Gasteiger partial charge in [0.1, 0.15) is 13.2 Å². The van der Waals surface area contributed by atoms with Crippen LogP contribution in [0, 0.1) is 0 Å². The van der Waals surface area contributed by atoms with E-state index in [-0.39, 0.29) is 38.6 Å². The minimum atomic E-state index is -1.53. The number of hydrogen-bond donors (Lipinski definition) is 1. The van der Waals surface area contributed by atoms with E-state index in [2.05, 4.69) is 172 Å². The molecule has 85 heavy (non-hydrogen) atoms. The van der Waals surface area contributed by atoms with Gasteiger partial charge in [0, 0.05) is 12.8 Å². The lowest BCUT2D eigenvalue weighted by Gasteiger charge is -2.25. The lowest BCUT2D eigenvalue weighted by molar-refractivity contribution is -0.870. The van der Waals surface area contributed by atoms with Gasteiger partial charge in [0.05, 0.1) is 34.4 Å². The lowest BCUT2D eigenvalue weighted by Crippen LogP contribution is -2.40. The van der Waals surface area contributed by atoms with Crippen LogP contribution in [0.2, 0.25) is 0 Å². The van der Waals surface area contributed by atoms with E-state index in [4.69, 9.17) is 18.9 Å². The summed E-state index contributed by atoms with van der Waals surface area (Å²) >= 11 is 0. The summed E-state index contributed by atoms with van der Waals surface area (Å²) in [6, 6.07) is 0. The zero-order valence-electron chi connectivity index (χ0n) is 54.7. The van der Waals surface area contributed by atoms with Crippen molar-refractivity contribution in [3.8, 4) is 0 Å². The number of aliphatic carboxylic acids is 1. The Morgan fingerprint density at radius 3 is 0.941 bits per heavy atom. The number of quaternary nitrogens is 1. The average molecular weight is 1180 g/mol. The largest absolute Gasteiger partial charge is 0.477 e. The summed E-state index contributed by atoms with van der Waals surface area (Å²) in [6.07, 6.45) is 93.4. The maximum absolute atomic E-state index is 12.9. The first kappa shape index (κ1) is 79.9. The zero-order chi connectivity index (χ0) is 61.9. The molecule has 480 valence electrons. The van der Waals surface area contributed by atoms with Gasteiger partial charge in [-0.2, -0.15) is 0 Å². The van der Waals surface area contributed by atoms with Gasteiger partial charge < -0.3 is 28.5 Å². The van der Waals surface area contributed by atoms with E-state index < -0.39 is 24.3 Å². The van der Waals surface area contributed by atoms with Gasteiger partial charge in [-0.25, -0.2) is 4.79 Å². The molecule has 2 atom stereocenters. The number of likely N-dealkylation sites (N-methyl/N-ethyl adjacent to an activating group) is 1. The third-order valence-corrected chi connectivity index (χ3v) is 13.8. The number of carboxylic acid groups (broad SMARTS) is 1. The number of nitrogens with zero attached hydrogens (tertiary/aromatic N) is 1. The third kappa shape index (κ3) is 66.3. The number of ether oxygens (including phenoxy) is 4. The fourth-order valence-corrected chi connectivity index (χ4v) is 8.70. The Kier molecular flexibility index (Phi) is 61.0. The zero-order valence-corrected chi connectivity index (χ0v) is 54.7. The van der Waals surface area contributed by atoms with E-state index in [1.54, 1.807) is 0 Å². The van der Waals surface area contributed by atoms with Gasteiger partial charge >= 0.3 is 17.9 Å². The van der Waals surface area contributed by atoms with Gasteiger partial charge in [-0.15, -0.1) is 0 Å². The highest BCUT2D eigenvalue weighted by Gasteiger charge is 2.25. The third-order valence-electron chi connectivity index (χ3n) is 13.8. The molecule has 0 saturated heterocycles. The fraction of sp³-hybridized carbons (Fsp3) is 0.618. The Labute approximate surface area is 521 Å². The molecule has 0 bridgehead atoms. The van der Waals surface area contributed by atoms with Crippen LogP contribution < -0.4 is 0 Å². The Hall–Kier alpha value is -5.09. The Balaban J connectivity index is 4.25. The van der Waals surface area contributed by atoms with Gasteiger partial charge in [-0.05, 0) is 122 Å². The van der Waals surface area contributed by atoms with Gasteiger partial charge in [0.15, 0.2) is 6.10 Å². The molecule has 0 spiro atoms. The highest BCUT2D eigenvalue weighted by atomic mass is 16.7. The van der Waals surface area contributed by atoms with Crippen molar-refractivity contribution >= 4 is 17.9 Å². The first-order chi connectivity index (χ1) is 41.6. The number of allylic oxidation sites excluding steroid dienone is 26. The van der Waals surface area contributed by atoms with E-state index in [9.17, 15) is 19.5 Å². The molecule has 0 heterocycles. The van der Waals surface area contributed by atoms with Crippen molar-refractivity contribution in [2.24, 2.45) is 0 Å². The van der Waals surface area contributed by atoms with Crippen molar-refractivity contribution < 1.29 is 42.9 Å². The van der Waals surface area contributed by atoms with Crippen LogP contribution in [0.15, 0.2) is 158 Å². The predicted octanol–water partition coefficient (Wildman–Crippen LogP) is 20.9. The van der Waals surface area contributed by atoms with E-state index in [0.29, 0.717) is 17.4 Å². The monoisotopic (exact) mass is 1180 g/mol. The molecule has 0 fully saturated rings. The molecule has 0 aromatic heterocycles. The molecule has 9 heteroatoms. The van der Waals surface area contributed by atoms with Gasteiger partial charge in [-0.3, -0.25) is 9.59 Å². The lowest BCUT2D eigenvalue weighted by atomic mass is 10.0. The molecule has 1 N–H and O–H groups in total. The van der Waals surface area contributed by atoms with Crippen molar-refractivity contribution in [3.05, 3.63) is 158 Å². The molecule has 0 aliphatic heterocycles. The Bertz CT molecular complexity index is 1950. The number of unbranched alkanes of at least 4 members (excludes halogenated alkanes) is 19. The van der Waals surface area contributed by atoms with Crippen molar-refractivity contribution in [1.29, 1.82) is 0 Å². The summed E-state index contributed by atoms with van der Waals surface area (Å²) in [5, 5.41) is 9.74. The van der Waals surface area contributed by atoms with Crippen LogP contribution in [0.1, 0.15) is 245 Å². The van der Waals surface area contributed by atoms with Crippen LogP contribution >= 0.6 is 0 Å². The molecule has 0 saturated carbocycles. The summed E-state index contributed by atoms with van der Waals surface area (Å²) in [7, 11) is 5.96. The van der Waals surface area contributed by atoms with E-state index in [1.807, 2.05) is 21.1 Å². The van der Waals surface area contributed by atoms with Crippen LogP contribution in [0.5, 0.6) is 0 Å². The molecule has 9 nitrogen and oxygen atoms in total. The van der Waals surface area contributed by atoms with Gasteiger partial charge in [0.25, 0.3) is 6.29 Å². The Morgan fingerprint density at radius 2 is 0.635 bits per heavy atom. The fourth-order valence-electron chi connectivity index (χ4n) is 8.70. The van der Waals surface area contributed by atoms with Crippen molar-refractivity contribution in [2.75, 3.05) is 47.5 Å². The van der Waals surface area contributed by atoms with Crippen molar-refractivity contribution in [1.82, 2.24) is 0 Å². The standard InChI is InChI=1S/C76H123NO8/c1-6-8-10-12-14-16-18-20-22-24-26-28-30-32-34-35-36-37-38-39-41-43-45-47-49-51-53-55-57-59-61-63-65-67-74(79)85-72(71-84-76(75(80)81)82-69-68-77(3,4)5)70-83-73(78)66-64-62-60-58-56-54-52-50-48-46-44-42-40-33-31-29-27-25-23-21-19-17-15-13-11-9-7-2/h8-11,14-17,20-23,26-29,32,34,36-37,39,41,45,47,51,53,72,76H,6-7,12-13,18-19,24-25,30-31,33,35,38,40,42-44,46,48-50,52,54-71H2,1-5H3/p+1/b10-8-,11-9-,16-14-,17-15-,22-20-,23-21-,28-26-,29-27-,34-32-,37-36-,41-39-,47-45-,53-51-. The van der Waals surface area contributed by atoms with Crippen molar-refractivity contribution in [2.45, 2.75) is 257 Å². The second kappa shape index (κ2) is 64.9. The topological polar surface area (TPSA) is 108 Å². The number of carbonyl (C=O) groups is 3. The first-order valence-electron chi connectivity index (χ1n) is 33.6. The van der Waals surface area contributed by atoms with E-state index in [1.165, 1.54) is 77.0 Å². The van der Waals surface area contributed by atoms with Crippen LogP contribution in [-0.2, 0) is 33.3 Å². The highest BCUT2D eigenvalue weighted by molar-refractivity contribution is 5.71. The molecular formula is C76H124NO8+. The number of carboxylic acids is 1. The highest BCUT2D eigenvalue weighted by Crippen LogP contribution is 2.16. The molecule has 0 aromatic carbocycles. The molecule has 0 aliphatic rings. The van der Waals surface area contributed by atoms with Crippen LogP contribution in [-0.4, -0.2) is 87.4 Å². The Morgan fingerprint density at radius 1 is 0.353 bits per heavy atom. The molecule has 2 unspecified atom stereocenters. The van der Waals surface area contributed by atoms with E-state index >= 15 is 0 Å². The second-order valence-electron chi connectivity index (χ2n) is 23.0. The molecule has 0 rings (SSSR count). The summed E-state index contributed by atoms with van der Waals surface area (Å²) in [5.74, 6) is -2.04. The average Bonchev–Trinajstić information content (AvgIpc) is 3.49. The number of esters is 2. The normalized spacial score (nSPS) is 13.8. The molecule has 0 radical (unpaired) electrons. The minimum absolute atomic E-state index is 0.175. The summed E-state index contributed by atoms with van der Waals surface area (Å²) in [4.78, 5) is 37.6. The van der Waals surface area contributed by atoms with Crippen LogP contribution in [0.4, 0.5) is 0 Å². The summed E-state index contributed by atoms with van der Waals surface area (Å²) in [6.45, 7) is 4.62. The molecule has 0 amide bonds. The summed E-state index contributed by atoms with van der Waals surface area (Å²) in [5.41, 5.74) is 0. The second-order valence-corrected chi connectivity index (χ2v) is 23.0.